The average Bonchev–Trinajstić information content (AvgIpc) is 3.22. The summed E-state index contributed by atoms with van der Waals surface area (Å²) in [7, 11) is 0. The molecule has 4 rings (SSSR count). The van der Waals surface area contributed by atoms with Crippen LogP contribution in [0.2, 0.25) is 5.02 Å². The highest BCUT2D eigenvalue weighted by atomic mass is 35.5. The largest absolute Gasteiger partial charge is 0.494 e. The Balaban J connectivity index is 1.86. The Morgan fingerprint density at radius 3 is 2.66 bits per heavy atom. The Hall–Kier alpha value is -2.79. The van der Waals surface area contributed by atoms with E-state index in [-0.39, 0.29) is 11.9 Å². The van der Waals surface area contributed by atoms with E-state index in [9.17, 15) is 4.79 Å². The van der Waals surface area contributed by atoms with E-state index >= 15 is 0 Å². The Labute approximate surface area is 175 Å². The van der Waals surface area contributed by atoms with E-state index in [4.69, 9.17) is 16.3 Å². The molecular weight excluding hydrogens is 386 g/mol. The Kier molecular flexibility index (Phi) is 5.33. The van der Waals surface area contributed by atoms with Gasteiger partial charge in [-0.05, 0) is 42.7 Å². The van der Waals surface area contributed by atoms with Crippen molar-refractivity contribution in [2.45, 2.75) is 26.8 Å². The summed E-state index contributed by atoms with van der Waals surface area (Å²) in [6.45, 7) is 7.45. The van der Waals surface area contributed by atoms with Crippen molar-refractivity contribution >= 4 is 17.5 Å². The predicted molar refractivity (Wildman–Crippen MR) is 114 cm³/mol. The molecule has 0 aliphatic carbocycles. The molecule has 1 atom stereocenters. The van der Waals surface area contributed by atoms with Gasteiger partial charge in [0.1, 0.15) is 11.4 Å². The van der Waals surface area contributed by atoms with Gasteiger partial charge in [-0.15, -0.1) is 0 Å². The average molecular weight is 410 g/mol. The third-order valence-corrected chi connectivity index (χ3v) is 5.28. The number of hydrogen-bond acceptors (Lipinski definition) is 3. The van der Waals surface area contributed by atoms with Gasteiger partial charge in [0.05, 0.1) is 18.3 Å². The molecule has 2 heterocycles. The number of halogens is 1. The lowest BCUT2D eigenvalue weighted by Gasteiger charge is -2.28. The zero-order valence-corrected chi connectivity index (χ0v) is 17.5. The number of amides is 1. The minimum absolute atomic E-state index is 0.0202. The van der Waals surface area contributed by atoms with E-state index in [0.29, 0.717) is 29.8 Å². The summed E-state index contributed by atoms with van der Waals surface area (Å²) in [6.07, 6.45) is 0. The number of H-pyrrole nitrogens is 1. The number of carbonyl (C=O) groups is 1. The number of ether oxygens (including phenoxy) is 1. The van der Waals surface area contributed by atoms with Crippen molar-refractivity contribution < 1.29 is 9.53 Å². The lowest BCUT2D eigenvalue weighted by atomic mass is 9.95. The molecule has 0 saturated carbocycles. The number of benzene rings is 2. The summed E-state index contributed by atoms with van der Waals surface area (Å²) in [6, 6.07) is 15.3. The molecule has 2 aromatic carbocycles. The van der Waals surface area contributed by atoms with Crippen LogP contribution in [0.15, 0.2) is 48.5 Å². The minimum Gasteiger partial charge on any atom is -0.494 e. The van der Waals surface area contributed by atoms with Crippen molar-refractivity contribution in [3.8, 4) is 17.0 Å². The van der Waals surface area contributed by atoms with Crippen LogP contribution >= 0.6 is 11.6 Å². The number of fused-ring (bicyclic) bond motifs is 1. The normalized spacial score (nSPS) is 15.8. The van der Waals surface area contributed by atoms with Gasteiger partial charge < -0.3 is 9.64 Å². The van der Waals surface area contributed by atoms with Crippen LogP contribution in [-0.4, -0.2) is 34.2 Å². The molecule has 150 valence electrons. The summed E-state index contributed by atoms with van der Waals surface area (Å²) in [5.41, 5.74) is 4.19. The van der Waals surface area contributed by atoms with Gasteiger partial charge in [-0.2, -0.15) is 5.10 Å². The van der Waals surface area contributed by atoms with Crippen LogP contribution in [0.1, 0.15) is 48.4 Å². The van der Waals surface area contributed by atoms with Gasteiger partial charge in [0, 0.05) is 22.7 Å². The minimum atomic E-state index is -0.218. The third kappa shape index (κ3) is 3.62. The molecule has 1 amide bonds. The fourth-order valence-corrected chi connectivity index (χ4v) is 4.02. The van der Waals surface area contributed by atoms with Crippen LogP contribution in [-0.2, 0) is 0 Å². The Morgan fingerprint density at radius 2 is 1.97 bits per heavy atom. The monoisotopic (exact) mass is 409 g/mol. The van der Waals surface area contributed by atoms with Crippen LogP contribution in [0.5, 0.6) is 5.75 Å². The van der Waals surface area contributed by atoms with Crippen molar-refractivity contribution in [1.82, 2.24) is 15.1 Å². The molecule has 0 bridgehead atoms. The highest BCUT2D eigenvalue weighted by Crippen LogP contribution is 2.43. The highest BCUT2D eigenvalue weighted by molar-refractivity contribution is 6.30. The van der Waals surface area contributed by atoms with Crippen molar-refractivity contribution in [2.24, 2.45) is 5.92 Å². The first-order valence-electron chi connectivity index (χ1n) is 9.87. The van der Waals surface area contributed by atoms with Gasteiger partial charge in [-0.1, -0.05) is 49.7 Å². The Morgan fingerprint density at radius 1 is 1.21 bits per heavy atom. The third-order valence-electron chi connectivity index (χ3n) is 5.03. The molecule has 6 heteroatoms. The van der Waals surface area contributed by atoms with E-state index in [1.165, 1.54) is 0 Å². The molecule has 0 spiro atoms. The molecule has 1 unspecified atom stereocenters. The highest BCUT2D eigenvalue weighted by Gasteiger charge is 2.42. The number of nitrogens with one attached hydrogen (secondary N) is 1. The van der Waals surface area contributed by atoms with Crippen LogP contribution in [0.25, 0.3) is 11.3 Å². The van der Waals surface area contributed by atoms with E-state index in [1.807, 2.05) is 60.4 Å². The van der Waals surface area contributed by atoms with E-state index in [2.05, 4.69) is 24.0 Å². The smallest absolute Gasteiger partial charge is 0.273 e. The molecule has 29 heavy (non-hydrogen) atoms. The lowest BCUT2D eigenvalue weighted by molar-refractivity contribution is 0.0722. The van der Waals surface area contributed by atoms with Crippen LogP contribution in [0, 0.1) is 5.92 Å². The quantitative estimate of drug-likeness (QED) is 0.598. The number of nitrogens with zero attached hydrogens (tertiary/aromatic N) is 2. The summed E-state index contributed by atoms with van der Waals surface area (Å²) < 4.78 is 5.71. The second kappa shape index (κ2) is 7.91. The van der Waals surface area contributed by atoms with Gasteiger partial charge >= 0.3 is 0 Å². The van der Waals surface area contributed by atoms with E-state index < -0.39 is 0 Å². The maximum Gasteiger partial charge on any atom is 0.273 e. The second-order valence-corrected chi connectivity index (χ2v) is 8.06. The lowest BCUT2D eigenvalue weighted by Crippen LogP contribution is -2.32. The van der Waals surface area contributed by atoms with Gasteiger partial charge in [0.2, 0.25) is 0 Å². The fraction of sp³-hybridized carbons (Fsp3) is 0.304. The zero-order chi connectivity index (χ0) is 20.5. The van der Waals surface area contributed by atoms with E-state index in [0.717, 1.165) is 28.1 Å². The molecule has 1 aliphatic rings. The molecule has 5 nitrogen and oxygen atoms in total. The number of rotatable bonds is 6. The van der Waals surface area contributed by atoms with Crippen LogP contribution < -0.4 is 4.74 Å². The first-order chi connectivity index (χ1) is 14.0. The van der Waals surface area contributed by atoms with Gasteiger partial charge in [0.15, 0.2) is 0 Å². The maximum atomic E-state index is 13.2. The molecule has 0 fully saturated rings. The van der Waals surface area contributed by atoms with Crippen molar-refractivity contribution in [1.29, 1.82) is 0 Å². The summed E-state index contributed by atoms with van der Waals surface area (Å²) in [5.74, 6) is 1.12. The first-order valence-corrected chi connectivity index (χ1v) is 10.2. The maximum absolute atomic E-state index is 13.2. The van der Waals surface area contributed by atoms with E-state index in [1.54, 1.807) is 0 Å². The summed E-state index contributed by atoms with van der Waals surface area (Å²) in [5, 5.41) is 8.14. The standard InChI is InChI=1S/C23H24ClN3O2/c1-4-29-18-7-5-6-16(12-18)22-19-20(15-8-10-17(24)11-9-15)25-26-21(19)23(28)27(22)13-14(2)3/h5-12,14,22H,4,13H2,1-3H3,(H,25,26). The van der Waals surface area contributed by atoms with Gasteiger partial charge in [-0.3, -0.25) is 9.89 Å². The number of hydrogen-bond donors (Lipinski definition) is 1. The molecule has 3 aromatic rings. The molecule has 1 N–H and O–H groups in total. The molecule has 0 radical (unpaired) electrons. The summed E-state index contributed by atoms with van der Waals surface area (Å²) in [4.78, 5) is 15.2. The van der Waals surface area contributed by atoms with Crippen LogP contribution in [0.4, 0.5) is 0 Å². The summed E-state index contributed by atoms with van der Waals surface area (Å²) >= 11 is 6.06. The van der Waals surface area contributed by atoms with Gasteiger partial charge in [0.25, 0.3) is 5.91 Å². The fourth-order valence-electron chi connectivity index (χ4n) is 3.89. The van der Waals surface area contributed by atoms with Crippen LogP contribution in [0.3, 0.4) is 0 Å². The zero-order valence-electron chi connectivity index (χ0n) is 16.8. The molecule has 1 aromatic heterocycles. The van der Waals surface area contributed by atoms with Crippen molar-refractivity contribution in [3.63, 3.8) is 0 Å². The van der Waals surface area contributed by atoms with Crippen molar-refractivity contribution in [3.05, 3.63) is 70.4 Å². The second-order valence-electron chi connectivity index (χ2n) is 7.63. The first kappa shape index (κ1) is 19.5. The number of aromatic amines is 1. The predicted octanol–water partition coefficient (Wildman–Crippen LogP) is 5.33. The van der Waals surface area contributed by atoms with Crippen molar-refractivity contribution in [2.75, 3.05) is 13.2 Å². The number of carbonyl (C=O) groups excluding carboxylic acids is 1. The van der Waals surface area contributed by atoms with Gasteiger partial charge in [-0.25, -0.2) is 0 Å². The molecule has 0 saturated heterocycles. The number of aromatic nitrogens is 2. The molecule has 1 aliphatic heterocycles. The SMILES string of the molecule is CCOc1cccc(C2c3c(-c4ccc(Cl)cc4)n[nH]c3C(=O)N2CC(C)C)c1. The topological polar surface area (TPSA) is 58.2 Å². The molecular formula is C23H24ClN3O2. The Bertz CT molecular complexity index is 1030.